The summed E-state index contributed by atoms with van der Waals surface area (Å²) >= 11 is 6.14. The minimum Gasteiger partial charge on any atom is -0.329 e. The van der Waals surface area contributed by atoms with Crippen molar-refractivity contribution in [3.63, 3.8) is 0 Å². The van der Waals surface area contributed by atoms with E-state index in [2.05, 4.69) is 4.98 Å². The number of halogens is 1. The Kier molecular flexibility index (Phi) is 3.89. The van der Waals surface area contributed by atoms with Gasteiger partial charge in [0.05, 0.1) is 23.1 Å². The molecule has 3 aromatic rings. The van der Waals surface area contributed by atoms with Crippen LogP contribution in [0.1, 0.15) is 26.3 Å². The summed E-state index contributed by atoms with van der Waals surface area (Å²) in [6.07, 6.45) is 1.44. The summed E-state index contributed by atoms with van der Waals surface area (Å²) in [4.78, 5) is 46.1. The molecule has 1 aliphatic rings. The molecule has 0 N–H and O–H groups in total. The second kappa shape index (κ2) is 6.24. The Balaban J connectivity index is 1.57. The highest BCUT2D eigenvalue weighted by atomic mass is 35.5. The van der Waals surface area contributed by atoms with E-state index in [0.717, 1.165) is 0 Å². The Hall–Kier alpha value is -3.25. The van der Waals surface area contributed by atoms with Gasteiger partial charge in [0.2, 0.25) is 0 Å². The molecule has 0 bridgehead atoms. The molecule has 0 spiro atoms. The lowest BCUT2D eigenvalue weighted by atomic mass is 10.1. The molecule has 0 atom stereocenters. The van der Waals surface area contributed by atoms with E-state index < -0.39 is 17.8 Å². The zero-order valence-electron chi connectivity index (χ0n) is 13.3. The maximum absolute atomic E-state index is 12.3. The van der Waals surface area contributed by atoms with Gasteiger partial charge in [-0.3, -0.25) is 14.6 Å². The van der Waals surface area contributed by atoms with Crippen molar-refractivity contribution in [2.45, 2.75) is 6.42 Å². The Labute approximate surface area is 152 Å². The van der Waals surface area contributed by atoms with E-state index in [-0.39, 0.29) is 17.5 Å². The predicted molar refractivity (Wildman–Crippen MR) is 93.5 cm³/mol. The maximum atomic E-state index is 12.3. The fraction of sp³-hybridized carbons (Fsp3) is 0.0526. The molecule has 4 rings (SSSR count). The molecule has 7 heteroatoms. The van der Waals surface area contributed by atoms with Gasteiger partial charge in [-0.25, -0.2) is 4.79 Å². The van der Waals surface area contributed by atoms with Crippen LogP contribution in [0.3, 0.4) is 0 Å². The van der Waals surface area contributed by atoms with Gasteiger partial charge in [0.15, 0.2) is 0 Å². The first-order valence-electron chi connectivity index (χ1n) is 7.77. The Bertz CT molecular complexity index is 1050. The summed E-state index contributed by atoms with van der Waals surface area (Å²) in [5.74, 6) is -2.05. The second-order valence-corrected chi connectivity index (χ2v) is 6.10. The number of pyridine rings is 1. The van der Waals surface area contributed by atoms with Crippen molar-refractivity contribution < 1.29 is 19.2 Å². The Morgan fingerprint density at radius 3 is 2.38 bits per heavy atom. The number of imide groups is 1. The molecular weight excluding hydrogens is 356 g/mol. The number of nitrogens with zero attached hydrogens (tertiary/aromatic N) is 2. The minimum absolute atomic E-state index is 0.155. The van der Waals surface area contributed by atoms with Crippen molar-refractivity contribution in [1.29, 1.82) is 0 Å². The minimum atomic E-state index is -0.742. The standard InChI is InChI=1S/C19H11ClN2O4/c20-15-8-7-11(17-14(15)6-3-9-21-17)10-16(23)26-22-18(24)12-4-1-2-5-13(12)19(22)25/h1-9H,10H2. The summed E-state index contributed by atoms with van der Waals surface area (Å²) in [6.45, 7) is 0. The largest absolute Gasteiger partial charge is 0.337 e. The molecule has 0 aliphatic carbocycles. The van der Waals surface area contributed by atoms with Crippen LogP contribution in [0.5, 0.6) is 0 Å². The summed E-state index contributed by atoms with van der Waals surface area (Å²) in [6, 6.07) is 13.2. The van der Waals surface area contributed by atoms with Crippen LogP contribution in [0.4, 0.5) is 0 Å². The number of hydroxylamine groups is 2. The molecule has 2 heterocycles. The van der Waals surface area contributed by atoms with Crippen molar-refractivity contribution in [3.05, 3.63) is 76.4 Å². The van der Waals surface area contributed by atoms with Gasteiger partial charge in [0.1, 0.15) is 0 Å². The number of carbonyl (C=O) groups is 3. The molecule has 0 radical (unpaired) electrons. The number of hydrogen-bond donors (Lipinski definition) is 0. The van der Waals surface area contributed by atoms with Gasteiger partial charge in [-0.1, -0.05) is 34.9 Å². The number of benzene rings is 2. The number of hydrogen-bond acceptors (Lipinski definition) is 5. The summed E-state index contributed by atoms with van der Waals surface area (Å²) in [5.41, 5.74) is 1.58. The number of aromatic nitrogens is 1. The molecule has 26 heavy (non-hydrogen) atoms. The van der Waals surface area contributed by atoms with Crippen LogP contribution in [-0.4, -0.2) is 27.8 Å². The van der Waals surface area contributed by atoms with Gasteiger partial charge in [0.25, 0.3) is 11.8 Å². The normalized spacial score (nSPS) is 13.2. The van der Waals surface area contributed by atoms with E-state index in [1.807, 2.05) is 0 Å². The van der Waals surface area contributed by atoms with E-state index in [1.54, 1.807) is 42.6 Å². The first-order chi connectivity index (χ1) is 12.6. The zero-order chi connectivity index (χ0) is 18.3. The van der Waals surface area contributed by atoms with Crippen LogP contribution in [0, 0.1) is 0 Å². The maximum Gasteiger partial charge on any atom is 0.337 e. The molecule has 2 aromatic carbocycles. The third-order valence-electron chi connectivity index (χ3n) is 4.08. The van der Waals surface area contributed by atoms with Crippen LogP contribution in [0.25, 0.3) is 10.9 Å². The van der Waals surface area contributed by atoms with Gasteiger partial charge in [-0.05, 0) is 35.9 Å². The van der Waals surface area contributed by atoms with Crippen molar-refractivity contribution in [3.8, 4) is 0 Å². The summed E-state index contributed by atoms with van der Waals surface area (Å²) in [5, 5.41) is 1.73. The zero-order valence-corrected chi connectivity index (χ0v) is 14.1. The summed E-state index contributed by atoms with van der Waals surface area (Å²) < 4.78 is 0. The number of fused-ring (bicyclic) bond motifs is 2. The van der Waals surface area contributed by atoms with E-state index >= 15 is 0 Å². The molecule has 0 fully saturated rings. The van der Waals surface area contributed by atoms with Crippen molar-refractivity contribution in [1.82, 2.24) is 10.0 Å². The van der Waals surface area contributed by atoms with Crippen LogP contribution < -0.4 is 0 Å². The van der Waals surface area contributed by atoms with Crippen molar-refractivity contribution in [2.75, 3.05) is 0 Å². The molecule has 0 saturated heterocycles. The first-order valence-corrected chi connectivity index (χ1v) is 8.15. The quantitative estimate of drug-likeness (QED) is 0.665. The third kappa shape index (κ3) is 2.60. The lowest BCUT2D eigenvalue weighted by Gasteiger charge is -2.13. The van der Waals surface area contributed by atoms with Crippen molar-refractivity contribution in [2.24, 2.45) is 0 Å². The molecule has 2 amide bonds. The topological polar surface area (TPSA) is 76.6 Å². The lowest BCUT2D eigenvalue weighted by Crippen LogP contribution is -2.33. The molecule has 0 unspecified atom stereocenters. The monoisotopic (exact) mass is 366 g/mol. The molecule has 6 nitrogen and oxygen atoms in total. The third-order valence-corrected chi connectivity index (χ3v) is 4.41. The Morgan fingerprint density at radius 2 is 1.69 bits per heavy atom. The van der Waals surface area contributed by atoms with E-state index in [1.165, 1.54) is 12.1 Å². The van der Waals surface area contributed by atoms with Gasteiger partial charge in [-0.15, -0.1) is 0 Å². The van der Waals surface area contributed by atoms with E-state index in [0.29, 0.717) is 26.6 Å². The highest BCUT2D eigenvalue weighted by Gasteiger charge is 2.38. The van der Waals surface area contributed by atoms with Gasteiger partial charge in [0, 0.05) is 16.6 Å². The fourth-order valence-corrected chi connectivity index (χ4v) is 3.09. The molecule has 1 aromatic heterocycles. The number of rotatable bonds is 3. The molecule has 128 valence electrons. The van der Waals surface area contributed by atoms with Crippen LogP contribution >= 0.6 is 11.6 Å². The van der Waals surface area contributed by atoms with Crippen molar-refractivity contribution >= 4 is 40.3 Å². The number of carbonyl (C=O) groups excluding carboxylic acids is 3. The van der Waals surface area contributed by atoms with E-state index in [9.17, 15) is 14.4 Å². The average Bonchev–Trinajstić information content (AvgIpc) is 2.90. The summed E-state index contributed by atoms with van der Waals surface area (Å²) in [7, 11) is 0. The highest BCUT2D eigenvalue weighted by Crippen LogP contribution is 2.26. The van der Waals surface area contributed by atoms with Gasteiger partial charge >= 0.3 is 5.97 Å². The lowest BCUT2D eigenvalue weighted by molar-refractivity contribution is -0.167. The molecule has 0 saturated carbocycles. The number of amides is 2. The van der Waals surface area contributed by atoms with Gasteiger partial charge in [-0.2, -0.15) is 0 Å². The van der Waals surface area contributed by atoms with Crippen LogP contribution in [-0.2, 0) is 16.1 Å². The molecule has 1 aliphatic heterocycles. The molecular formula is C19H11ClN2O4. The van der Waals surface area contributed by atoms with Gasteiger partial charge < -0.3 is 4.84 Å². The fourth-order valence-electron chi connectivity index (χ4n) is 2.88. The second-order valence-electron chi connectivity index (χ2n) is 5.70. The predicted octanol–water partition coefficient (Wildman–Crippen LogP) is 3.19. The van der Waals surface area contributed by atoms with E-state index in [4.69, 9.17) is 16.4 Å². The first kappa shape index (κ1) is 16.2. The highest BCUT2D eigenvalue weighted by molar-refractivity contribution is 6.35. The SMILES string of the molecule is O=C(Cc1ccc(Cl)c2cccnc12)ON1C(=O)c2ccccc2C1=O. The van der Waals surface area contributed by atoms with Crippen LogP contribution in [0.15, 0.2) is 54.7 Å². The smallest absolute Gasteiger partial charge is 0.329 e. The Morgan fingerprint density at radius 1 is 1.00 bits per heavy atom. The van der Waals surface area contributed by atoms with Crippen LogP contribution in [0.2, 0.25) is 5.02 Å². The average molecular weight is 367 g/mol.